The zero-order chi connectivity index (χ0) is 17.9. The SMILES string of the molecule is COc1ccc(CN2CCc3[nH]cnc3C2Cc2ccccc2)cc1O. The van der Waals surface area contributed by atoms with Gasteiger partial charge in [0.2, 0.25) is 0 Å². The molecule has 3 aromatic rings. The normalized spacial score (nSPS) is 17.0. The molecule has 1 aromatic heterocycles. The predicted molar refractivity (Wildman–Crippen MR) is 100 cm³/mol. The van der Waals surface area contributed by atoms with Gasteiger partial charge in [0.15, 0.2) is 11.5 Å². The van der Waals surface area contributed by atoms with E-state index in [1.165, 1.54) is 11.3 Å². The molecule has 1 unspecified atom stereocenters. The maximum absolute atomic E-state index is 10.1. The van der Waals surface area contributed by atoms with Crippen LogP contribution in [0.3, 0.4) is 0 Å². The number of methoxy groups -OCH3 is 1. The summed E-state index contributed by atoms with van der Waals surface area (Å²) in [6, 6.07) is 16.4. The number of nitrogens with zero attached hydrogens (tertiary/aromatic N) is 2. The van der Waals surface area contributed by atoms with Crippen molar-refractivity contribution in [2.75, 3.05) is 13.7 Å². The number of benzene rings is 2. The van der Waals surface area contributed by atoms with Crippen molar-refractivity contribution in [2.24, 2.45) is 0 Å². The molecule has 0 spiro atoms. The van der Waals surface area contributed by atoms with Gasteiger partial charge in [-0.15, -0.1) is 0 Å². The fraction of sp³-hybridized carbons (Fsp3) is 0.286. The van der Waals surface area contributed by atoms with E-state index in [1.54, 1.807) is 19.5 Å². The smallest absolute Gasteiger partial charge is 0.160 e. The minimum absolute atomic E-state index is 0.182. The molecule has 0 amide bonds. The van der Waals surface area contributed by atoms with E-state index >= 15 is 0 Å². The lowest BCUT2D eigenvalue weighted by atomic mass is 9.95. The third-order valence-corrected chi connectivity index (χ3v) is 5.06. The van der Waals surface area contributed by atoms with Crippen molar-refractivity contribution in [3.63, 3.8) is 0 Å². The van der Waals surface area contributed by atoms with E-state index in [9.17, 15) is 5.11 Å². The van der Waals surface area contributed by atoms with Gasteiger partial charge in [-0.1, -0.05) is 36.4 Å². The van der Waals surface area contributed by atoms with Crippen molar-refractivity contribution < 1.29 is 9.84 Å². The molecular formula is C21H23N3O2. The number of hydrogen-bond acceptors (Lipinski definition) is 4. The van der Waals surface area contributed by atoms with Crippen LogP contribution in [0.25, 0.3) is 0 Å². The summed E-state index contributed by atoms with van der Waals surface area (Å²) >= 11 is 0. The average Bonchev–Trinajstić information content (AvgIpc) is 3.14. The number of imidazole rings is 1. The molecule has 0 aliphatic carbocycles. The molecule has 0 fully saturated rings. The largest absolute Gasteiger partial charge is 0.504 e. The first-order valence-corrected chi connectivity index (χ1v) is 8.90. The highest BCUT2D eigenvalue weighted by Gasteiger charge is 2.29. The standard InChI is InChI=1S/C21H23N3O2/c1-26-20-8-7-16(12-19(20)25)13-24-10-9-17-21(23-14-22-17)18(24)11-15-5-3-2-4-6-15/h2-8,12,14,18,25H,9-11,13H2,1H3,(H,22,23). The molecule has 1 atom stereocenters. The summed E-state index contributed by atoms with van der Waals surface area (Å²) < 4.78 is 5.15. The minimum atomic E-state index is 0.182. The Morgan fingerprint density at radius 3 is 2.81 bits per heavy atom. The molecular weight excluding hydrogens is 326 g/mol. The predicted octanol–water partition coefficient (Wildman–Crippen LogP) is 3.47. The lowest BCUT2D eigenvalue weighted by Gasteiger charge is -2.35. The number of nitrogens with one attached hydrogen (secondary N) is 1. The van der Waals surface area contributed by atoms with Crippen LogP contribution in [-0.2, 0) is 19.4 Å². The monoisotopic (exact) mass is 349 g/mol. The van der Waals surface area contributed by atoms with Crippen LogP contribution in [0.5, 0.6) is 11.5 Å². The van der Waals surface area contributed by atoms with Gasteiger partial charge in [0.25, 0.3) is 0 Å². The number of rotatable bonds is 5. The van der Waals surface area contributed by atoms with Gasteiger partial charge in [-0.05, 0) is 29.7 Å². The Morgan fingerprint density at radius 2 is 2.04 bits per heavy atom. The molecule has 0 radical (unpaired) electrons. The molecule has 2 heterocycles. The Labute approximate surface area is 153 Å². The number of phenols is 1. The van der Waals surface area contributed by atoms with E-state index in [4.69, 9.17) is 4.74 Å². The average molecular weight is 349 g/mol. The van der Waals surface area contributed by atoms with Gasteiger partial charge in [-0.3, -0.25) is 4.90 Å². The van der Waals surface area contributed by atoms with Gasteiger partial charge in [-0.25, -0.2) is 4.98 Å². The molecule has 2 N–H and O–H groups in total. The summed E-state index contributed by atoms with van der Waals surface area (Å²) in [5.74, 6) is 0.685. The Bertz CT molecular complexity index is 876. The van der Waals surface area contributed by atoms with E-state index in [-0.39, 0.29) is 11.8 Å². The molecule has 0 bridgehead atoms. The Balaban J connectivity index is 1.60. The molecule has 5 nitrogen and oxygen atoms in total. The summed E-state index contributed by atoms with van der Waals surface area (Å²) in [5.41, 5.74) is 4.74. The molecule has 2 aromatic carbocycles. The highest BCUT2D eigenvalue weighted by atomic mass is 16.5. The fourth-order valence-corrected chi connectivity index (χ4v) is 3.72. The van der Waals surface area contributed by atoms with E-state index in [0.29, 0.717) is 5.75 Å². The number of aromatic nitrogens is 2. The Hall–Kier alpha value is -2.79. The summed E-state index contributed by atoms with van der Waals surface area (Å²) in [5, 5.41) is 10.1. The first kappa shape index (κ1) is 16.7. The second-order valence-electron chi connectivity index (χ2n) is 6.70. The van der Waals surface area contributed by atoms with Gasteiger partial charge in [-0.2, -0.15) is 0 Å². The van der Waals surface area contributed by atoms with Crippen LogP contribution in [0.2, 0.25) is 0 Å². The van der Waals surface area contributed by atoms with Crippen LogP contribution in [-0.4, -0.2) is 33.6 Å². The maximum Gasteiger partial charge on any atom is 0.160 e. The van der Waals surface area contributed by atoms with Gasteiger partial charge in [0.1, 0.15) is 0 Å². The highest BCUT2D eigenvalue weighted by Crippen LogP contribution is 2.33. The number of hydrogen-bond donors (Lipinski definition) is 2. The summed E-state index contributed by atoms with van der Waals surface area (Å²) in [4.78, 5) is 10.3. The molecule has 0 saturated heterocycles. The quantitative estimate of drug-likeness (QED) is 0.740. The van der Waals surface area contributed by atoms with E-state index in [0.717, 1.165) is 37.2 Å². The van der Waals surface area contributed by atoms with Gasteiger partial charge < -0.3 is 14.8 Å². The fourth-order valence-electron chi connectivity index (χ4n) is 3.72. The molecule has 5 heteroatoms. The molecule has 1 aliphatic rings. The third-order valence-electron chi connectivity index (χ3n) is 5.06. The molecule has 26 heavy (non-hydrogen) atoms. The van der Waals surface area contributed by atoms with Crippen LogP contribution in [0.1, 0.15) is 28.6 Å². The van der Waals surface area contributed by atoms with E-state index < -0.39 is 0 Å². The summed E-state index contributed by atoms with van der Waals surface area (Å²) in [7, 11) is 1.56. The van der Waals surface area contributed by atoms with Crippen LogP contribution in [0.4, 0.5) is 0 Å². The second-order valence-corrected chi connectivity index (χ2v) is 6.70. The molecule has 134 valence electrons. The van der Waals surface area contributed by atoms with E-state index in [2.05, 4.69) is 39.1 Å². The summed E-state index contributed by atoms with van der Waals surface area (Å²) in [6.07, 6.45) is 3.68. The van der Waals surface area contributed by atoms with Crippen molar-refractivity contribution in [3.8, 4) is 11.5 Å². The minimum Gasteiger partial charge on any atom is -0.504 e. The van der Waals surface area contributed by atoms with Crippen molar-refractivity contribution in [1.82, 2.24) is 14.9 Å². The van der Waals surface area contributed by atoms with Crippen molar-refractivity contribution in [3.05, 3.63) is 77.4 Å². The van der Waals surface area contributed by atoms with Crippen LogP contribution in [0, 0.1) is 0 Å². The number of aromatic hydroxyl groups is 1. The Morgan fingerprint density at radius 1 is 1.19 bits per heavy atom. The lowest BCUT2D eigenvalue weighted by Crippen LogP contribution is -2.36. The molecule has 0 saturated carbocycles. The number of fused-ring (bicyclic) bond motifs is 1. The van der Waals surface area contributed by atoms with Gasteiger partial charge in [0, 0.05) is 25.2 Å². The topological polar surface area (TPSA) is 61.4 Å². The lowest BCUT2D eigenvalue weighted by molar-refractivity contribution is 0.170. The number of phenolic OH excluding ortho intramolecular Hbond substituents is 1. The maximum atomic E-state index is 10.1. The van der Waals surface area contributed by atoms with E-state index in [1.807, 2.05) is 18.2 Å². The zero-order valence-corrected chi connectivity index (χ0v) is 14.9. The van der Waals surface area contributed by atoms with Crippen LogP contribution < -0.4 is 4.74 Å². The Kier molecular flexibility index (Phi) is 4.63. The van der Waals surface area contributed by atoms with Crippen LogP contribution in [0.15, 0.2) is 54.9 Å². The van der Waals surface area contributed by atoms with Crippen LogP contribution >= 0.6 is 0 Å². The van der Waals surface area contributed by atoms with Crippen molar-refractivity contribution in [1.29, 1.82) is 0 Å². The first-order chi connectivity index (χ1) is 12.7. The first-order valence-electron chi connectivity index (χ1n) is 8.90. The third kappa shape index (κ3) is 3.30. The van der Waals surface area contributed by atoms with Crippen molar-refractivity contribution >= 4 is 0 Å². The van der Waals surface area contributed by atoms with Crippen molar-refractivity contribution in [2.45, 2.75) is 25.4 Å². The number of H-pyrrole nitrogens is 1. The van der Waals surface area contributed by atoms with Gasteiger partial charge in [0.05, 0.1) is 25.2 Å². The zero-order valence-electron chi connectivity index (χ0n) is 14.9. The second kappa shape index (κ2) is 7.22. The summed E-state index contributed by atoms with van der Waals surface area (Å²) in [6.45, 7) is 1.72. The van der Waals surface area contributed by atoms with Gasteiger partial charge >= 0.3 is 0 Å². The number of aromatic amines is 1. The highest BCUT2D eigenvalue weighted by molar-refractivity contribution is 5.41. The molecule has 4 rings (SSSR count). The number of ether oxygens (including phenoxy) is 1. The molecule has 1 aliphatic heterocycles.